The van der Waals surface area contributed by atoms with Gasteiger partial charge in [0.25, 0.3) is 5.91 Å². The molecule has 4 heteroatoms. The van der Waals surface area contributed by atoms with E-state index in [2.05, 4.69) is 6.92 Å². The summed E-state index contributed by atoms with van der Waals surface area (Å²) >= 11 is 0. The van der Waals surface area contributed by atoms with Crippen LogP contribution in [0.1, 0.15) is 37.6 Å². The van der Waals surface area contributed by atoms with E-state index in [0.717, 1.165) is 12.2 Å². The molecule has 1 amide bonds. The number of benzene rings is 1. The molecule has 0 aromatic heterocycles. The highest BCUT2D eigenvalue weighted by molar-refractivity contribution is 5.95. The number of hydrogen-bond donors (Lipinski definition) is 1. The van der Waals surface area contributed by atoms with Crippen LogP contribution in [0.4, 0.5) is 0 Å². The van der Waals surface area contributed by atoms with E-state index in [4.69, 9.17) is 4.74 Å². The van der Waals surface area contributed by atoms with Crippen LogP contribution >= 0.6 is 0 Å². The Morgan fingerprint density at radius 1 is 1.35 bits per heavy atom. The van der Waals surface area contributed by atoms with Crippen molar-refractivity contribution in [3.63, 3.8) is 0 Å². The minimum atomic E-state index is -0.722. The van der Waals surface area contributed by atoms with Crippen molar-refractivity contribution < 1.29 is 14.6 Å². The number of likely N-dealkylation sites (tertiary alicyclic amines) is 1. The summed E-state index contributed by atoms with van der Waals surface area (Å²) in [6, 6.07) is 7.19. The average molecular weight is 277 g/mol. The smallest absolute Gasteiger partial charge is 0.254 e. The Bertz CT molecular complexity index is 461. The minimum Gasteiger partial charge on any atom is -0.494 e. The van der Waals surface area contributed by atoms with Crippen LogP contribution in [-0.2, 0) is 0 Å². The van der Waals surface area contributed by atoms with Crippen LogP contribution in [0.15, 0.2) is 24.3 Å². The molecule has 1 saturated heterocycles. The van der Waals surface area contributed by atoms with Crippen molar-refractivity contribution >= 4 is 5.91 Å². The average Bonchev–Trinajstić information content (AvgIpc) is 2.41. The van der Waals surface area contributed by atoms with Crippen molar-refractivity contribution in [1.29, 1.82) is 0 Å². The summed E-state index contributed by atoms with van der Waals surface area (Å²) in [7, 11) is 0. The number of nitrogens with zero attached hydrogens (tertiary/aromatic N) is 1. The molecule has 0 saturated carbocycles. The molecule has 1 aliphatic heterocycles. The lowest BCUT2D eigenvalue weighted by Gasteiger charge is -2.49. The third-order valence-corrected chi connectivity index (χ3v) is 3.87. The van der Waals surface area contributed by atoms with E-state index in [9.17, 15) is 9.90 Å². The number of aliphatic hydroxyl groups is 1. The Morgan fingerprint density at radius 3 is 2.45 bits per heavy atom. The van der Waals surface area contributed by atoms with Gasteiger partial charge in [-0.2, -0.15) is 0 Å². The van der Waals surface area contributed by atoms with Gasteiger partial charge in [-0.25, -0.2) is 0 Å². The Balaban J connectivity index is 1.94. The van der Waals surface area contributed by atoms with Gasteiger partial charge in [-0.05, 0) is 36.6 Å². The number of rotatable bonds is 5. The fraction of sp³-hybridized carbons (Fsp3) is 0.562. The van der Waals surface area contributed by atoms with Crippen molar-refractivity contribution in [1.82, 2.24) is 4.90 Å². The fourth-order valence-corrected chi connectivity index (χ4v) is 2.22. The van der Waals surface area contributed by atoms with Gasteiger partial charge < -0.3 is 14.7 Å². The largest absolute Gasteiger partial charge is 0.494 e. The molecule has 0 spiro atoms. The molecule has 1 aromatic carbocycles. The first-order valence-electron chi connectivity index (χ1n) is 7.21. The van der Waals surface area contributed by atoms with Gasteiger partial charge in [0.2, 0.25) is 0 Å². The summed E-state index contributed by atoms with van der Waals surface area (Å²) in [5.41, 5.74) is -0.0838. The van der Waals surface area contributed by atoms with Crippen LogP contribution in [-0.4, -0.2) is 41.2 Å². The molecular formula is C16H23NO3. The second-order valence-electron chi connectivity index (χ2n) is 5.79. The minimum absolute atomic E-state index is 0.0302. The summed E-state index contributed by atoms with van der Waals surface area (Å²) < 4.78 is 5.49. The van der Waals surface area contributed by atoms with Crippen LogP contribution < -0.4 is 4.74 Å². The predicted molar refractivity (Wildman–Crippen MR) is 77.9 cm³/mol. The van der Waals surface area contributed by atoms with Crippen LogP contribution in [0.3, 0.4) is 0 Å². The number of β-amino-alcohol motifs (C(OH)–C–C–N with tert-alkyl or cyclic N) is 1. The topological polar surface area (TPSA) is 49.8 Å². The van der Waals surface area contributed by atoms with Gasteiger partial charge in [0, 0.05) is 5.56 Å². The lowest BCUT2D eigenvalue weighted by molar-refractivity contribution is -0.110. The molecule has 0 radical (unpaired) electrons. The highest BCUT2D eigenvalue weighted by Gasteiger charge is 2.45. The summed E-state index contributed by atoms with van der Waals surface area (Å²) in [6.45, 7) is 7.51. The lowest BCUT2D eigenvalue weighted by Crippen LogP contribution is -2.65. The first kappa shape index (κ1) is 14.9. The molecule has 0 bridgehead atoms. The third kappa shape index (κ3) is 2.96. The Kier molecular flexibility index (Phi) is 4.33. The molecule has 0 atom stereocenters. The van der Waals surface area contributed by atoms with Crippen molar-refractivity contribution in [2.45, 2.75) is 32.8 Å². The van der Waals surface area contributed by atoms with E-state index < -0.39 is 5.60 Å². The first-order valence-corrected chi connectivity index (χ1v) is 7.21. The van der Waals surface area contributed by atoms with E-state index in [0.29, 0.717) is 25.3 Å². The van der Waals surface area contributed by atoms with E-state index in [-0.39, 0.29) is 11.8 Å². The van der Waals surface area contributed by atoms with Crippen LogP contribution in [0.25, 0.3) is 0 Å². The molecule has 1 aromatic rings. The van der Waals surface area contributed by atoms with E-state index in [1.807, 2.05) is 26.0 Å². The standard InChI is InChI=1S/C16H23NO3/c1-4-9-20-14-7-5-13(6-8-14)15(18)17-10-16(19,11-17)12(2)3/h5-8,12,19H,4,9-11H2,1-3H3. The van der Waals surface area contributed by atoms with E-state index in [1.54, 1.807) is 17.0 Å². The summed E-state index contributed by atoms with van der Waals surface area (Å²) in [5.74, 6) is 0.916. The Labute approximate surface area is 120 Å². The van der Waals surface area contributed by atoms with Crippen LogP contribution in [0.2, 0.25) is 0 Å². The summed E-state index contributed by atoms with van der Waals surface area (Å²) in [6.07, 6.45) is 0.961. The quantitative estimate of drug-likeness (QED) is 0.898. The fourth-order valence-electron chi connectivity index (χ4n) is 2.22. The predicted octanol–water partition coefficient (Wildman–Crippen LogP) is 2.32. The van der Waals surface area contributed by atoms with Crippen molar-refractivity contribution in [3.05, 3.63) is 29.8 Å². The number of carbonyl (C=O) groups is 1. The van der Waals surface area contributed by atoms with Gasteiger partial charge in [-0.3, -0.25) is 4.79 Å². The third-order valence-electron chi connectivity index (χ3n) is 3.87. The summed E-state index contributed by atoms with van der Waals surface area (Å²) in [4.78, 5) is 13.9. The van der Waals surface area contributed by atoms with Gasteiger partial charge in [-0.1, -0.05) is 20.8 Å². The molecule has 110 valence electrons. The molecule has 1 fully saturated rings. The van der Waals surface area contributed by atoms with Gasteiger partial charge in [0.1, 0.15) is 11.4 Å². The molecule has 4 nitrogen and oxygen atoms in total. The van der Waals surface area contributed by atoms with Crippen LogP contribution in [0, 0.1) is 5.92 Å². The zero-order chi connectivity index (χ0) is 14.8. The number of hydrogen-bond acceptors (Lipinski definition) is 3. The maximum atomic E-state index is 12.2. The first-order chi connectivity index (χ1) is 9.46. The molecule has 0 unspecified atom stereocenters. The van der Waals surface area contributed by atoms with Gasteiger partial charge in [0.15, 0.2) is 0 Å². The van der Waals surface area contributed by atoms with Crippen molar-refractivity contribution in [3.8, 4) is 5.75 Å². The zero-order valence-electron chi connectivity index (χ0n) is 12.4. The molecule has 2 rings (SSSR count). The molecule has 1 heterocycles. The van der Waals surface area contributed by atoms with Crippen LogP contribution in [0.5, 0.6) is 5.75 Å². The van der Waals surface area contributed by atoms with E-state index in [1.165, 1.54) is 0 Å². The number of ether oxygens (including phenoxy) is 1. The van der Waals surface area contributed by atoms with Crippen molar-refractivity contribution in [2.75, 3.05) is 19.7 Å². The number of carbonyl (C=O) groups excluding carboxylic acids is 1. The van der Waals surface area contributed by atoms with E-state index >= 15 is 0 Å². The SMILES string of the molecule is CCCOc1ccc(C(=O)N2CC(O)(C(C)C)C2)cc1. The van der Waals surface area contributed by atoms with Gasteiger partial charge >= 0.3 is 0 Å². The Morgan fingerprint density at radius 2 is 1.95 bits per heavy atom. The molecule has 0 aliphatic carbocycles. The maximum absolute atomic E-state index is 12.2. The second kappa shape index (κ2) is 5.83. The summed E-state index contributed by atoms with van der Waals surface area (Å²) in [5, 5.41) is 10.2. The zero-order valence-corrected chi connectivity index (χ0v) is 12.4. The molecular weight excluding hydrogens is 254 g/mol. The van der Waals surface area contributed by atoms with Crippen molar-refractivity contribution in [2.24, 2.45) is 5.92 Å². The van der Waals surface area contributed by atoms with Gasteiger partial charge in [0.05, 0.1) is 19.7 Å². The second-order valence-corrected chi connectivity index (χ2v) is 5.79. The lowest BCUT2D eigenvalue weighted by atomic mass is 9.82. The molecule has 1 N–H and O–H groups in total. The highest BCUT2D eigenvalue weighted by Crippen LogP contribution is 2.29. The van der Waals surface area contributed by atoms with Gasteiger partial charge in [-0.15, -0.1) is 0 Å². The number of amides is 1. The molecule has 1 aliphatic rings. The Hall–Kier alpha value is -1.55. The monoisotopic (exact) mass is 277 g/mol. The normalized spacial score (nSPS) is 16.9. The molecule has 20 heavy (non-hydrogen) atoms. The maximum Gasteiger partial charge on any atom is 0.254 e. The highest BCUT2D eigenvalue weighted by atomic mass is 16.5.